The molecule has 104 valence electrons. The predicted octanol–water partition coefficient (Wildman–Crippen LogP) is 4.98. The third-order valence-electron chi connectivity index (χ3n) is 4.80. The van der Waals surface area contributed by atoms with E-state index in [1.807, 2.05) is 6.92 Å². The van der Waals surface area contributed by atoms with Crippen LogP contribution in [0.1, 0.15) is 59.8 Å². The fourth-order valence-electron chi connectivity index (χ4n) is 2.51. The van der Waals surface area contributed by atoms with E-state index in [-0.39, 0.29) is 0 Å². The smallest absolute Gasteiger partial charge is 0.192 e. The summed E-state index contributed by atoms with van der Waals surface area (Å²) >= 11 is 0. The summed E-state index contributed by atoms with van der Waals surface area (Å²) in [6.07, 6.45) is 11.2. The molecule has 0 aromatic heterocycles. The molecule has 2 heteroatoms. The molecule has 0 aromatic carbocycles. The van der Waals surface area contributed by atoms with Crippen LogP contribution in [0.15, 0.2) is 0 Å². The Morgan fingerprint density at radius 1 is 1.39 bits per heavy atom. The van der Waals surface area contributed by atoms with Gasteiger partial charge in [0, 0.05) is 6.42 Å². The molecule has 0 aliphatic heterocycles. The van der Waals surface area contributed by atoms with Crippen LogP contribution in [0.3, 0.4) is 0 Å². The summed E-state index contributed by atoms with van der Waals surface area (Å²) in [4.78, 5) is 0. The van der Waals surface area contributed by atoms with Gasteiger partial charge in [-0.25, -0.2) is 0 Å². The Bertz CT molecular complexity index is 321. The van der Waals surface area contributed by atoms with Crippen LogP contribution in [0.2, 0.25) is 18.1 Å². The number of hydrogen-bond acceptors (Lipinski definition) is 1. The third kappa shape index (κ3) is 3.39. The Labute approximate surface area is 115 Å². The Morgan fingerprint density at radius 3 is 2.22 bits per heavy atom. The Kier molecular flexibility index (Phi) is 4.73. The largest absolute Gasteiger partial charge is 0.411 e. The molecule has 2 aliphatic rings. The molecule has 2 fully saturated rings. The molecule has 2 atom stereocenters. The molecule has 0 spiro atoms. The number of hydrogen-bond donors (Lipinski definition) is 0. The second-order valence-electron chi connectivity index (χ2n) is 7.28. The standard InChI is InChI=1S/C12H24OSi.C4H6/c1-11(2,3)14(4,5)13-12-8-6-7-10(12)9-12;1-3-4-2/h10H,6-9H2,1-5H3;1H,4H2,2H3. The summed E-state index contributed by atoms with van der Waals surface area (Å²) in [5, 5.41) is 0.373. The summed E-state index contributed by atoms with van der Waals surface area (Å²) in [6.45, 7) is 13.7. The minimum atomic E-state index is -1.50. The lowest BCUT2D eigenvalue weighted by Gasteiger charge is -2.39. The predicted molar refractivity (Wildman–Crippen MR) is 82.1 cm³/mol. The molecule has 0 N–H and O–H groups in total. The third-order valence-corrected chi connectivity index (χ3v) is 9.33. The first-order valence-electron chi connectivity index (χ1n) is 7.32. The van der Waals surface area contributed by atoms with E-state index in [0.29, 0.717) is 10.6 Å². The second kappa shape index (κ2) is 5.39. The second-order valence-corrected chi connectivity index (χ2v) is 12.0. The SMILES string of the molecule is C#CCC.CC(C)(C)[Si](C)(C)OC12CCCC1C2. The fourth-order valence-corrected chi connectivity index (χ4v) is 4.19. The first-order chi connectivity index (χ1) is 8.18. The molecule has 0 aromatic rings. The molecule has 2 saturated carbocycles. The number of terminal acetylenes is 1. The van der Waals surface area contributed by atoms with Gasteiger partial charge in [-0.05, 0) is 43.3 Å². The first-order valence-corrected chi connectivity index (χ1v) is 10.2. The van der Waals surface area contributed by atoms with E-state index < -0.39 is 8.32 Å². The lowest BCUT2D eigenvalue weighted by atomic mass is 10.2. The molecule has 0 amide bonds. The van der Waals surface area contributed by atoms with Crippen LogP contribution in [0.25, 0.3) is 0 Å². The monoisotopic (exact) mass is 266 g/mol. The van der Waals surface area contributed by atoms with Crippen LogP contribution in [0.5, 0.6) is 0 Å². The van der Waals surface area contributed by atoms with E-state index in [0.717, 1.165) is 12.3 Å². The summed E-state index contributed by atoms with van der Waals surface area (Å²) in [5.74, 6) is 3.36. The van der Waals surface area contributed by atoms with Crippen molar-refractivity contribution < 1.29 is 4.43 Å². The van der Waals surface area contributed by atoms with E-state index >= 15 is 0 Å². The van der Waals surface area contributed by atoms with Crippen LogP contribution in [-0.4, -0.2) is 13.9 Å². The van der Waals surface area contributed by atoms with Crippen molar-refractivity contribution in [2.45, 2.75) is 83.5 Å². The summed E-state index contributed by atoms with van der Waals surface area (Å²) in [7, 11) is -1.50. The molecule has 18 heavy (non-hydrogen) atoms. The highest BCUT2D eigenvalue weighted by Crippen LogP contribution is 2.60. The highest BCUT2D eigenvalue weighted by Gasteiger charge is 2.61. The van der Waals surface area contributed by atoms with Crippen molar-refractivity contribution in [2.24, 2.45) is 5.92 Å². The van der Waals surface area contributed by atoms with Gasteiger partial charge in [0.2, 0.25) is 0 Å². The van der Waals surface area contributed by atoms with Crippen LogP contribution in [-0.2, 0) is 4.43 Å². The van der Waals surface area contributed by atoms with Crippen molar-refractivity contribution in [3.8, 4) is 12.3 Å². The minimum absolute atomic E-state index is 0.364. The highest BCUT2D eigenvalue weighted by molar-refractivity contribution is 6.74. The molecular formula is C16H30OSi. The van der Waals surface area contributed by atoms with E-state index in [1.54, 1.807) is 0 Å². The average molecular weight is 267 g/mol. The zero-order valence-corrected chi connectivity index (χ0v) is 14.1. The van der Waals surface area contributed by atoms with E-state index in [2.05, 4.69) is 39.8 Å². The molecule has 1 nitrogen and oxygen atoms in total. The van der Waals surface area contributed by atoms with Gasteiger partial charge in [-0.3, -0.25) is 0 Å². The maximum absolute atomic E-state index is 6.56. The maximum atomic E-state index is 6.56. The van der Waals surface area contributed by atoms with Crippen LogP contribution < -0.4 is 0 Å². The fraction of sp³-hybridized carbons (Fsp3) is 0.875. The van der Waals surface area contributed by atoms with Crippen molar-refractivity contribution in [3.63, 3.8) is 0 Å². The van der Waals surface area contributed by atoms with Gasteiger partial charge in [0.1, 0.15) is 0 Å². The summed E-state index contributed by atoms with van der Waals surface area (Å²) in [5.41, 5.74) is 0.364. The Hall–Kier alpha value is -0.263. The lowest BCUT2D eigenvalue weighted by molar-refractivity contribution is 0.150. The van der Waals surface area contributed by atoms with Gasteiger partial charge >= 0.3 is 0 Å². The van der Waals surface area contributed by atoms with Gasteiger partial charge in [-0.2, -0.15) is 0 Å². The molecule has 0 bridgehead atoms. The summed E-state index contributed by atoms with van der Waals surface area (Å²) < 4.78 is 6.56. The van der Waals surface area contributed by atoms with Gasteiger partial charge in [0.25, 0.3) is 0 Å². The molecule has 0 heterocycles. The zero-order valence-electron chi connectivity index (χ0n) is 13.1. The zero-order chi connectivity index (χ0) is 14.0. The van der Waals surface area contributed by atoms with Crippen molar-refractivity contribution in [1.29, 1.82) is 0 Å². The van der Waals surface area contributed by atoms with Gasteiger partial charge in [0.15, 0.2) is 8.32 Å². The van der Waals surface area contributed by atoms with Crippen LogP contribution in [0.4, 0.5) is 0 Å². The van der Waals surface area contributed by atoms with E-state index in [4.69, 9.17) is 10.8 Å². The Balaban J connectivity index is 0.000000357. The molecule has 0 saturated heterocycles. The molecule has 2 rings (SSSR count). The number of rotatable bonds is 2. The minimum Gasteiger partial charge on any atom is -0.411 e. The van der Waals surface area contributed by atoms with Gasteiger partial charge in [-0.1, -0.05) is 34.1 Å². The molecule has 2 aliphatic carbocycles. The number of fused-ring (bicyclic) bond motifs is 1. The quantitative estimate of drug-likeness (QED) is 0.506. The maximum Gasteiger partial charge on any atom is 0.192 e. The van der Waals surface area contributed by atoms with Crippen molar-refractivity contribution in [2.75, 3.05) is 0 Å². The molecular weight excluding hydrogens is 236 g/mol. The van der Waals surface area contributed by atoms with Crippen LogP contribution >= 0.6 is 0 Å². The normalized spacial score (nSPS) is 29.9. The van der Waals surface area contributed by atoms with Crippen molar-refractivity contribution in [1.82, 2.24) is 0 Å². The lowest BCUT2D eigenvalue weighted by Crippen LogP contribution is -2.44. The van der Waals surface area contributed by atoms with Crippen molar-refractivity contribution in [3.05, 3.63) is 0 Å². The first kappa shape index (κ1) is 15.8. The van der Waals surface area contributed by atoms with E-state index in [9.17, 15) is 0 Å². The average Bonchev–Trinajstić information content (AvgIpc) is 2.77. The van der Waals surface area contributed by atoms with E-state index in [1.165, 1.54) is 25.7 Å². The molecule has 2 unspecified atom stereocenters. The van der Waals surface area contributed by atoms with Crippen molar-refractivity contribution >= 4 is 8.32 Å². The van der Waals surface area contributed by atoms with Crippen LogP contribution in [0, 0.1) is 18.3 Å². The Morgan fingerprint density at radius 2 is 1.94 bits per heavy atom. The van der Waals surface area contributed by atoms with Gasteiger partial charge < -0.3 is 4.43 Å². The highest BCUT2D eigenvalue weighted by atomic mass is 28.4. The summed E-state index contributed by atoms with van der Waals surface area (Å²) in [6, 6.07) is 0. The van der Waals surface area contributed by atoms with Gasteiger partial charge in [-0.15, -0.1) is 12.3 Å². The topological polar surface area (TPSA) is 9.23 Å². The van der Waals surface area contributed by atoms with Gasteiger partial charge in [0.05, 0.1) is 5.60 Å². The molecule has 0 radical (unpaired) electrons.